The number of ether oxygens (including phenoxy) is 2. The molecule has 0 spiro atoms. The first kappa shape index (κ1) is 23.0. The average molecular weight is 423 g/mol. The van der Waals surface area contributed by atoms with Crippen molar-refractivity contribution in [3.63, 3.8) is 0 Å². The molecule has 0 aliphatic heterocycles. The molecule has 0 atom stereocenters. The smallest absolute Gasteiger partial charge is 0.258 e. The van der Waals surface area contributed by atoms with E-state index in [2.05, 4.69) is 26.2 Å². The fourth-order valence-corrected chi connectivity index (χ4v) is 3.18. The van der Waals surface area contributed by atoms with E-state index in [1.165, 1.54) is 0 Å². The molecule has 2 N–H and O–H groups in total. The average Bonchev–Trinajstić information content (AvgIpc) is 3.04. The van der Waals surface area contributed by atoms with Crippen LogP contribution in [0.25, 0.3) is 0 Å². The van der Waals surface area contributed by atoms with Crippen LogP contribution in [0, 0.1) is 0 Å². The van der Waals surface area contributed by atoms with Crippen molar-refractivity contribution in [2.45, 2.75) is 44.9 Å². The zero-order valence-electron chi connectivity index (χ0n) is 17.7. The van der Waals surface area contributed by atoms with Crippen LogP contribution in [0.2, 0.25) is 0 Å². The van der Waals surface area contributed by atoms with Crippen LogP contribution in [-0.2, 0) is 18.4 Å². The van der Waals surface area contributed by atoms with Gasteiger partial charge in [-0.25, -0.2) is 4.68 Å². The Balaban J connectivity index is 1.82. The Kier molecular flexibility index (Phi) is 8.71. The summed E-state index contributed by atoms with van der Waals surface area (Å²) in [5.41, 5.74) is 0.783. The molecule has 10 heteroatoms. The van der Waals surface area contributed by atoms with E-state index in [4.69, 9.17) is 9.47 Å². The summed E-state index contributed by atoms with van der Waals surface area (Å²) in [6.07, 6.45) is 0. The Morgan fingerprint density at radius 1 is 1.24 bits per heavy atom. The topological polar surface area (TPSA) is 103 Å². The Morgan fingerprint density at radius 3 is 2.69 bits per heavy atom. The lowest BCUT2D eigenvalue weighted by atomic mass is 10.1. The monoisotopic (exact) mass is 422 g/mol. The van der Waals surface area contributed by atoms with Gasteiger partial charge < -0.3 is 20.1 Å². The van der Waals surface area contributed by atoms with Crippen molar-refractivity contribution < 1.29 is 14.3 Å². The molecule has 0 fully saturated rings. The van der Waals surface area contributed by atoms with Gasteiger partial charge in [0.1, 0.15) is 0 Å². The number of aromatic nitrogens is 4. The number of nitrogens with zero attached hydrogens (tertiary/aromatic N) is 4. The predicted octanol–water partition coefficient (Wildman–Crippen LogP) is 1.78. The van der Waals surface area contributed by atoms with Crippen molar-refractivity contribution in [1.82, 2.24) is 30.8 Å². The molecule has 0 unspecified atom stereocenters. The maximum atomic E-state index is 12.0. The van der Waals surface area contributed by atoms with Crippen LogP contribution in [0.1, 0.15) is 33.3 Å². The molecule has 0 radical (unpaired) electrons. The molecule has 0 aliphatic rings. The van der Waals surface area contributed by atoms with Crippen molar-refractivity contribution >= 4 is 17.7 Å². The number of thioether (sulfide) groups is 1. The lowest BCUT2D eigenvalue weighted by molar-refractivity contribution is -0.124. The van der Waals surface area contributed by atoms with Gasteiger partial charge in [-0.3, -0.25) is 4.79 Å². The van der Waals surface area contributed by atoms with Gasteiger partial charge in [0.05, 0.1) is 6.61 Å². The Bertz CT molecular complexity index is 790. The maximum absolute atomic E-state index is 12.0. The van der Waals surface area contributed by atoms with Crippen LogP contribution in [0.4, 0.5) is 0 Å². The third-order valence-corrected chi connectivity index (χ3v) is 4.61. The SMILES string of the molecule is CCOc1cc(CNCCSc2nnnn2C)ccc1OCC(=O)NC(C)(C)C. The van der Waals surface area contributed by atoms with Crippen molar-refractivity contribution in [2.75, 3.05) is 25.5 Å². The highest BCUT2D eigenvalue weighted by Crippen LogP contribution is 2.28. The van der Waals surface area contributed by atoms with Gasteiger partial charge in [0, 0.05) is 31.4 Å². The summed E-state index contributed by atoms with van der Waals surface area (Å²) in [5.74, 6) is 1.89. The number of amides is 1. The lowest BCUT2D eigenvalue weighted by Crippen LogP contribution is -2.43. The minimum Gasteiger partial charge on any atom is -0.490 e. The molecule has 29 heavy (non-hydrogen) atoms. The molecular weight excluding hydrogens is 392 g/mol. The summed E-state index contributed by atoms with van der Waals surface area (Å²) in [4.78, 5) is 12.0. The third kappa shape index (κ3) is 8.28. The molecule has 0 saturated carbocycles. The summed E-state index contributed by atoms with van der Waals surface area (Å²) in [7, 11) is 1.82. The highest BCUT2D eigenvalue weighted by Gasteiger charge is 2.15. The zero-order valence-corrected chi connectivity index (χ0v) is 18.5. The molecule has 1 heterocycles. The van der Waals surface area contributed by atoms with E-state index in [9.17, 15) is 4.79 Å². The minimum atomic E-state index is -0.291. The van der Waals surface area contributed by atoms with Gasteiger partial charge >= 0.3 is 0 Å². The van der Waals surface area contributed by atoms with Crippen LogP contribution in [-0.4, -0.2) is 57.2 Å². The zero-order chi connectivity index (χ0) is 21.3. The van der Waals surface area contributed by atoms with Gasteiger partial charge in [-0.05, 0) is 55.8 Å². The van der Waals surface area contributed by atoms with Crippen LogP contribution in [0.5, 0.6) is 11.5 Å². The number of nitrogens with one attached hydrogen (secondary N) is 2. The third-order valence-electron chi connectivity index (χ3n) is 3.60. The lowest BCUT2D eigenvalue weighted by Gasteiger charge is -2.21. The van der Waals surface area contributed by atoms with Gasteiger partial charge in [-0.2, -0.15) is 0 Å². The number of benzene rings is 1. The molecule has 0 aliphatic carbocycles. The Hall–Kier alpha value is -2.33. The van der Waals surface area contributed by atoms with Crippen LogP contribution in [0.15, 0.2) is 23.4 Å². The number of carbonyl (C=O) groups is 1. The summed E-state index contributed by atoms with van der Waals surface area (Å²) < 4.78 is 13.0. The fraction of sp³-hybridized carbons (Fsp3) is 0.579. The molecule has 2 aromatic rings. The van der Waals surface area contributed by atoms with Crippen molar-refractivity contribution in [2.24, 2.45) is 7.05 Å². The molecular formula is C19H30N6O3S. The summed E-state index contributed by atoms with van der Waals surface area (Å²) in [6.45, 7) is 9.69. The number of hydrogen-bond donors (Lipinski definition) is 2. The van der Waals surface area contributed by atoms with Crippen LogP contribution in [0.3, 0.4) is 0 Å². The molecule has 0 bridgehead atoms. The molecule has 0 saturated heterocycles. The van der Waals surface area contributed by atoms with Gasteiger partial charge in [0.25, 0.3) is 5.91 Å². The first-order valence-corrected chi connectivity index (χ1v) is 10.5. The Morgan fingerprint density at radius 2 is 2.03 bits per heavy atom. The van der Waals surface area contributed by atoms with Gasteiger partial charge in [-0.15, -0.1) is 5.10 Å². The highest BCUT2D eigenvalue weighted by molar-refractivity contribution is 7.99. The van der Waals surface area contributed by atoms with E-state index in [1.807, 2.05) is 52.9 Å². The maximum Gasteiger partial charge on any atom is 0.258 e. The molecule has 2 rings (SSSR count). The van der Waals surface area contributed by atoms with E-state index >= 15 is 0 Å². The van der Waals surface area contributed by atoms with Crippen molar-refractivity contribution in [3.05, 3.63) is 23.8 Å². The quantitative estimate of drug-likeness (QED) is 0.417. The van der Waals surface area contributed by atoms with Gasteiger partial charge in [0.15, 0.2) is 18.1 Å². The van der Waals surface area contributed by atoms with Gasteiger partial charge in [0.2, 0.25) is 5.16 Å². The molecule has 160 valence electrons. The van der Waals surface area contributed by atoms with Crippen molar-refractivity contribution in [3.8, 4) is 11.5 Å². The minimum absolute atomic E-state index is 0.0525. The van der Waals surface area contributed by atoms with Gasteiger partial charge in [-0.1, -0.05) is 17.8 Å². The van der Waals surface area contributed by atoms with E-state index in [0.717, 1.165) is 23.0 Å². The molecule has 1 aromatic heterocycles. The second-order valence-electron chi connectivity index (χ2n) is 7.41. The molecule has 1 aromatic carbocycles. The standard InChI is InChI=1S/C19H30N6O3S/c1-6-27-16-11-14(12-20-9-10-29-18-22-23-24-25(18)5)7-8-15(16)28-13-17(26)21-19(2,3)4/h7-8,11,20H,6,9-10,12-13H2,1-5H3,(H,21,26). The predicted molar refractivity (Wildman–Crippen MR) is 112 cm³/mol. The van der Waals surface area contributed by atoms with Crippen LogP contribution >= 0.6 is 11.8 Å². The summed E-state index contributed by atoms with van der Waals surface area (Å²) in [5, 5.41) is 18.4. The normalized spacial score (nSPS) is 11.3. The van der Waals surface area contributed by atoms with Crippen LogP contribution < -0.4 is 20.1 Å². The number of carbonyl (C=O) groups excluding carboxylic acids is 1. The fourth-order valence-electron chi connectivity index (χ4n) is 2.44. The number of tetrazole rings is 1. The summed E-state index contributed by atoms with van der Waals surface area (Å²) in [6, 6.07) is 5.74. The largest absolute Gasteiger partial charge is 0.490 e. The first-order chi connectivity index (χ1) is 13.8. The van der Waals surface area contributed by atoms with E-state index in [-0.39, 0.29) is 18.1 Å². The van der Waals surface area contributed by atoms with E-state index in [1.54, 1.807) is 16.4 Å². The second-order valence-corrected chi connectivity index (χ2v) is 8.47. The number of aryl methyl sites for hydroxylation is 1. The summed E-state index contributed by atoms with van der Waals surface area (Å²) >= 11 is 1.60. The highest BCUT2D eigenvalue weighted by atomic mass is 32.2. The molecule has 9 nitrogen and oxygen atoms in total. The number of rotatable bonds is 11. The van der Waals surface area contributed by atoms with Crippen molar-refractivity contribution in [1.29, 1.82) is 0 Å². The first-order valence-electron chi connectivity index (χ1n) is 9.54. The number of hydrogen-bond acceptors (Lipinski definition) is 8. The second kappa shape index (κ2) is 11.0. The van der Waals surface area contributed by atoms with E-state index in [0.29, 0.717) is 24.7 Å². The molecule has 1 amide bonds. The van der Waals surface area contributed by atoms with E-state index < -0.39 is 0 Å². The Labute approximate surface area is 175 Å².